The zero-order valence-electron chi connectivity index (χ0n) is 43.6. The Labute approximate surface area is 432 Å². The van der Waals surface area contributed by atoms with Gasteiger partial charge in [0.05, 0.1) is 40.9 Å². The van der Waals surface area contributed by atoms with Gasteiger partial charge in [-0.05, 0) is 89.9 Å². The van der Waals surface area contributed by atoms with E-state index in [4.69, 9.17) is 14.2 Å². The van der Waals surface area contributed by atoms with Crippen molar-refractivity contribution >= 4 is 42.8 Å². The molecule has 0 unspecified atom stereocenters. The monoisotopic (exact) mass is 1040 g/mol. The van der Waals surface area contributed by atoms with Gasteiger partial charge in [-0.3, -0.25) is 19.3 Å². The van der Waals surface area contributed by atoms with Crippen molar-refractivity contribution in [3.05, 3.63) is 107 Å². The number of sulfonamides is 2. The summed E-state index contributed by atoms with van der Waals surface area (Å²) in [6.07, 6.45) is 17.8. The van der Waals surface area contributed by atoms with Crippen molar-refractivity contribution in [3.63, 3.8) is 0 Å². The summed E-state index contributed by atoms with van der Waals surface area (Å²) in [5.74, 6) is -0.0323. The normalized spacial score (nSPS) is 12.2. The molecule has 0 aliphatic heterocycles. The van der Waals surface area contributed by atoms with E-state index in [0.29, 0.717) is 30.0 Å². The molecule has 4 aromatic carbocycles. The predicted octanol–water partition coefficient (Wildman–Crippen LogP) is 13.4. The number of benzene rings is 4. The number of ether oxygens (including phenoxy) is 3. The largest absolute Gasteiger partial charge is 0.506 e. The number of aromatic nitrogens is 2. The number of para-hydroxylation sites is 1. The quantitative estimate of drug-likeness (QED) is 0.0186. The minimum absolute atomic E-state index is 0.0156. The molecule has 396 valence electrons. The summed E-state index contributed by atoms with van der Waals surface area (Å²) < 4.78 is 81.3. The molecule has 5 rings (SSSR count). The average Bonchev–Trinajstić information content (AvgIpc) is 3.67. The topological polar surface area (TPSA) is 227 Å². The van der Waals surface area contributed by atoms with Gasteiger partial charge in [-0.15, -0.1) is 5.11 Å². The molecule has 0 fully saturated rings. The third kappa shape index (κ3) is 17.5. The Balaban J connectivity index is 1.35. The summed E-state index contributed by atoms with van der Waals surface area (Å²) in [7, 11) is -7.54. The summed E-state index contributed by atoms with van der Waals surface area (Å²) in [5, 5.41) is 31.5. The number of rotatable bonds is 31. The zero-order valence-corrected chi connectivity index (χ0v) is 45.3. The number of phenolic OH excluding ortho intramolecular Hbond substituents is 1. The number of unbranched alkanes of at least 4 members (excludes halogenated alkanes) is 13. The van der Waals surface area contributed by atoms with Gasteiger partial charge in [0.1, 0.15) is 34.8 Å². The Morgan fingerprint density at radius 2 is 1.30 bits per heavy atom. The van der Waals surface area contributed by atoms with Crippen LogP contribution in [0.15, 0.2) is 110 Å². The lowest BCUT2D eigenvalue weighted by molar-refractivity contribution is 0.144. The standard InChI is InChI=1S/C55H75N7O9S2/c1-8-9-10-11-12-13-14-15-16-17-18-19-20-24-33-70-43-29-32-49(63)47(36-43)61-73(67,68)51-38-46(45(37-50(51)71-35-34-69-7)55(5,6)40-54(2,3)4)60-72(65,66)44-30-27-41(28-31-44)57-58-52-48(39-56)59-62(53(52)64)42-25-22-21-23-26-42/h21-23,25-32,36-38,59-61,63H,8-20,24,33-35,40H2,1-7H3. The summed E-state index contributed by atoms with van der Waals surface area (Å²) in [6.45, 7) is 12.8. The maximum atomic E-state index is 14.5. The summed E-state index contributed by atoms with van der Waals surface area (Å²) in [4.78, 5) is 12.6. The number of hydrogen-bond acceptors (Lipinski definition) is 12. The SMILES string of the molecule is CCCCCCCCCCCCCCCCOc1ccc(O)c(NS(=O)(=O)c2cc(NS(=O)(=O)c3ccc(N=Nc4c(C#N)[nH]n(-c5ccccc5)c4=O)cc3)c(C(C)(C)CC(C)(C)C)cc2OCCOC)c1. The van der Waals surface area contributed by atoms with Crippen LogP contribution in [0.3, 0.4) is 0 Å². The van der Waals surface area contributed by atoms with E-state index >= 15 is 0 Å². The lowest BCUT2D eigenvalue weighted by Crippen LogP contribution is -2.28. The van der Waals surface area contributed by atoms with Gasteiger partial charge in [0.2, 0.25) is 0 Å². The van der Waals surface area contributed by atoms with Gasteiger partial charge in [-0.25, -0.2) is 21.5 Å². The van der Waals surface area contributed by atoms with Crippen LogP contribution in [-0.2, 0) is 30.2 Å². The molecule has 0 spiro atoms. The number of anilines is 2. The zero-order chi connectivity index (χ0) is 53.1. The fraction of sp³-hybridized carbons (Fsp3) is 0.491. The first-order valence-electron chi connectivity index (χ1n) is 25.4. The number of methoxy groups -OCH3 is 1. The molecule has 16 nitrogen and oxygen atoms in total. The fourth-order valence-electron chi connectivity index (χ4n) is 8.92. The number of aromatic amines is 1. The second kappa shape index (κ2) is 27.2. The molecule has 0 radical (unpaired) electrons. The smallest absolute Gasteiger partial charge is 0.300 e. The van der Waals surface area contributed by atoms with E-state index in [-0.39, 0.29) is 63.5 Å². The molecular formula is C55H75N7O9S2. The van der Waals surface area contributed by atoms with Crippen LogP contribution in [0.25, 0.3) is 5.69 Å². The van der Waals surface area contributed by atoms with Crippen LogP contribution in [0.2, 0.25) is 0 Å². The summed E-state index contributed by atoms with van der Waals surface area (Å²) >= 11 is 0. The van der Waals surface area contributed by atoms with Crippen LogP contribution < -0.4 is 24.5 Å². The van der Waals surface area contributed by atoms with Crippen molar-refractivity contribution in [1.82, 2.24) is 9.78 Å². The van der Waals surface area contributed by atoms with E-state index in [1.165, 1.54) is 131 Å². The van der Waals surface area contributed by atoms with E-state index in [1.807, 2.05) is 19.9 Å². The molecule has 0 atom stereocenters. The van der Waals surface area contributed by atoms with Crippen LogP contribution >= 0.6 is 0 Å². The van der Waals surface area contributed by atoms with Gasteiger partial charge >= 0.3 is 0 Å². The average molecular weight is 1040 g/mol. The number of nitrogens with zero attached hydrogens (tertiary/aromatic N) is 4. The van der Waals surface area contributed by atoms with E-state index in [1.54, 1.807) is 36.4 Å². The highest BCUT2D eigenvalue weighted by atomic mass is 32.2. The number of azo groups is 1. The van der Waals surface area contributed by atoms with E-state index in [2.05, 4.69) is 52.5 Å². The molecule has 73 heavy (non-hydrogen) atoms. The number of H-pyrrole nitrogens is 1. The third-order valence-corrected chi connectivity index (χ3v) is 15.0. The first-order chi connectivity index (χ1) is 34.8. The van der Waals surface area contributed by atoms with Crippen molar-refractivity contribution in [1.29, 1.82) is 5.26 Å². The van der Waals surface area contributed by atoms with E-state index in [0.717, 1.165) is 19.3 Å². The van der Waals surface area contributed by atoms with Crippen LogP contribution in [0, 0.1) is 16.7 Å². The Morgan fingerprint density at radius 3 is 1.89 bits per heavy atom. The third-order valence-electron chi connectivity index (χ3n) is 12.2. The van der Waals surface area contributed by atoms with Crippen molar-refractivity contribution in [2.75, 3.05) is 36.4 Å². The van der Waals surface area contributed by atoms with E-state index < -0.39 is 35.9 Å². The van der Waals surface area contributed by atoms with Gasteiger partial charge in [0.15, 0.2) is 11.4 Å². The molecule has 5 aromatic rings. The predicted molar refractivity (Wildman–Crippen MR) is 288 cm³/mol. The lowest BCUT2D eigenvalue weighted by atomic mass is 9.72. The molecule has 0 saturated carbocycles. The Morgan fingerprint density at radius 1 is 0.699 bits per heavy atom. The molecule has 4 N–H and O–H groups in total. The van der Waals surface area contributed by atoms with Gasteiger partial charge in [0.25, 0.3) is 25.6 Å². The van der Waals surface area contributed by atoms with Crippen molar-refractivity contribution in [3.8, 4) is 29.0 Å². The van der Waals surface area contributed by atoms with Gasteiger partial charge in [-0.2, -0.15) is 10.4 Å². The first-order valence-corrected chi connectivity index (χ1v) is 28.4. The lowest BCUT2D eigenvalue weighted by Gasteiger charge is -2.35. The molecule has 0 saturated heterocycles. The van der Waals surface area contributed by atoms with Crippen molar-refractivity contribution < 1.29 is 36.2 Å². The maximum Gasteiger partial charge on any atom is 0.300 e. The number of nitrogens with one attached hydrogen (secondary N) is 3. The Kier molecular flexibility index (Phi) is 21.5. The molecule has 0 aliphatic carbocycles. The molecule has 0 aliphatic rings. The highest BCUT2D eigenvalue weighted by Crippen LogP contribution is 2.44. The maximum absolute atomic E-state index is 14.5. The summed E-state index contributed by atoms with van der Waals surface area (Å²) in [5.41, 5.74) is -0.933. The molecule has 1 aromatic heterocycles. The summed E-state index contributed by atoms with van der Waals surface area (Å²) in [6, 6.07) is 23.0. The van der Waals surface area contributed by atoms with E-state index in [9.17, 15) is 32.0 Å². The molecule has 0 bridgehead atoms. The molecule has 1 heterocycles. The minimum Gasteiger partial charge on any atom is -0.506 e. The van der Waals surface area contributed by atoms with Gasteiger partial charge < -0.3 is 19.3 Å². The second-order valence-corrected chi connectivity index (χ2v) is 23.6. The van der Waals surface area contributed by atoms with Crippen LogP contribution in [-0.4, -0.2) is 58.7 Å². The van der Waals surface area contributed by atoms with Gasteiger partial charge in [0, 0.05) is 13.2 Å². The number of hydrogen-bond donors (Lipinski definition) is 4. The fourth-order valence-corrected chi connectivity index (χ4v) is 11.2. The number of phenols is 1. The van der Waals surface area contributed by atoms with Gasteiger partial charge in [-0.1, -0.05) is 143 Å². The second-order valence-electron chi connectivity index (χ2n) is 20.3. The van der Waals surface area contributed by atoms with Crippen LogP contribution in [0.4, 0.5) is 22.7 Å². The molecule has 0 amide bonds. The highest BCUT2D eigenvalue weighted by molar-refractivity contribution is 7.93. The minimum atomic E-state index is -4.60. The van der Waals surface area contributed by atoms with Crippen LogP contribution in [0.5, 0.6) is 17.2 Å². The molecular weight excluding hydrogens is 967 g/mol. The van der Waals surface area contributed by atoms with Crippen molar-refractivity contribution in [2.24, 2.45) is 15.6 Å². The highest BCUT2D eigenvalue weighted by Gasteiger charge is 2.34. The van der Waals surface area contributed by atoms with Crippen LogP contribution in [0.1, 0.15) is 149 Å². The Hall–Kier alpha value is -6.16. The first kappa shape index (κ1) is 57.7. The number of aromatic hydroxyl groups is 1. The Bertz CT molecular complexity index is 2900. The number of nitriles is 1. The van der Waals surface area contributed by atoms with Crippen molar-refractivity contribution in [2.45, 2.75) is 153 Å². The molecule has 18 heteroatoms.